The normalized spacial score (nSPS) is 11.8. The molecule has 274 valence electrons. The maximum Gasteiger partial charge on any atom is 0.407 e. The maximum atomic E-state index is 11.6. The fourth-order valence-corrected chi connectivity index (χ4v) is 3.44. The van der Waals surface area contributed by atoms with E-state index in [1.807, 2.05) is 20.8 Å². The fraction of sp³-hybridized carbons (Fsp3) is 0.938. The van der Waals surface area contributed by atoms with Crippen molar-refractivity contribution in [3.63, 3.8) is 0 Å². The van der Waals surface area contributed by atoms with Crippen LogP contribution in [-0.2, 0) is 52.2 Å². The molecule has 0 aromatic carbocycles. The van der Waals surface area contributed by atoms with Crippen molar-refractivity contribution in [3.05, 3.63) is 0 Å². The van der Waals surface area contributed by atoms with Gasteiger partial charge in [0, 0.05) is 39.2 Å². The van der Waals surface area contributed by atoms with E-state index in [1.54, 1.807) is 6.92 Å². The van der Waals surface area contributed by atoms with E-state index in [0.29, 0.717) is 125 Å². The van der Waals surface area contributed by atoms with Crippen LogP contribution in [0.2, 0.25) is 0 Å². The standard InChI is InChI=1S/C32H64N2O12/c1-6-12-37-18-24-43-27-21-40-15-9-34(10-16-41-22-28-44-25-19-38-13-7-30(2)35)11-17-42-23-29-45-26-20-39-14-8-33-31(36)46-32(3,4)5/h6-29H2,1-5H3,(H,33,36). The van der Waals surface area contributed by atoms with Crippen LogP contribution in [0.1, 0.15) is 47.5 Å². The van der Waals surface area contributed by atoms with Gasteiger partial charge in [-0.1, -0.05) is 6.92 Å². The molecule has 14 nitrogen and oxygen atoms in total. The van der Waals surface area contributed by atoms with Crippen LogP contribution in [-0.4, -0.2) is 167 Å². The molecule has 0 bridgehead atoms. The molecule has 0 spiro atoms. The van der Waals surface area contributed by atoms with Gasteiger partial charge in [-0.3, -0.25) is 9.69 Å². The Labute approximate surface area is 277 Å². The molecule has 0 saturated heterocycles. The van der Waals surface area contributed by atoms with Crippen molar-refractivity contribution in [2.75, 3.05) is 145 Å². The summed E-state index contributed by atoms with van der Waals surface area (Å²) in [6.07, 6.45) is 0.981. The van der Waals surface area contributed by atoms with Crippen LogP contribution in [0.5, 0.6) is 0 Å². The van der Waals surface area contributed by atoms with E-state index in [0.717, 1.165) is 32.7 Å². The molecular weight excluding hydrogens is 604 g/mol. The second kappa shape index (κ2) is 33.4. The lowest BCUT2D eigenvalue weighted by Gasteiger charge is -2.22. The first-order valence-electron chi connectivity index (χ1n) is 16.6. The zero-order valence-corrected chi connectivity index (χ0v) is 29.3. The number of nitrogens with zero attached hydrogens (tertiary/aromatic N) is 1. The molecule has 0 aliphatic carbocycles. The summed E-state index contributed by atoms with van der Waals surface area (Å²) < 4.78 is 55.2. The predicted octanol–water partition coefficient (Wildman–Crippen LogP) is 2.35. The number of hydrogen-bond acceptors (Lipinski definition) is 13. The Bertz CT molecular complexity index is 682. The zero-order chi connectivity index (χ0) is 34.0. The number of nitrogens with one attached hydrogen (secondary N) is 1. The number of ketones is 1. The first kappa shape index (κ1) is 44.5. The molecule has 0 unspecified atom stereocenters. The van der Waals surface area contributed by atoms with Gasteiger partial charge in [0.25, 0.3) is 0 Å². The van der Waals surface area contributed by atoms with Gasteiger partial charge in [-0.15, -0.1) is 0 Å². The summed E-state index contributed by atoms with van der Waals surface area (Å²) in [4.78, 5) is 24.7. The topological polar surface area (TPSA) is 142 Å². The summed E-state index contributed by atoms with van der Waals surface area (Å²) in [6, 6.07) is 0. The number of hydrogen-bond donors (Lipinski definition) is 1. The quantitative estimate of drug-likeness (QED) is 0.0989. The van der Waals surface area contributed by atoms with Gasteiger partial charge in [-0.2, -0.15) is 0 Å². The summed E-state index contributed by atoms with van der Waals surface area (Å²) in [7, 11) is 0. The van der Waals surface area contributed by atoms with Crippen LogP contribution in [0, 0.1) is 0 Å². The van der Waals surface area contributed by atoms with Gasteiger partial charge in [0.05, 0.1) is 112 Å². The lowest BCUT2D eigenvalue weighted by Crippen LogP contribution is -2.34. The van der Waals surface area contributed by atoms with Crippen molar-refractivity contribution >= 4 is 11.9 Å². The second-order valence-electron chi connectivity index (χ2n) is 11.2. The number of carbonyl (C=O) groups is 2. The number of alkyl carbamates (subject to hydrolysis) is 1. The summed E-state index contributed by atoms with van der Waals surface area (Å²) in [6.45, 7) is 21.0. The SMILES string of the molecule is CCCOCCOCCOCCN(CCOCCOCCOCCNC(=O)OC(C)(C)C)CCOCCOCCOCCC(C)=O. The van der Waals surface area contributed by atoms with Crippen molar-refractivity contribution in [2.24, 2.45) is 0 Å². The lowest BCUT2D eigenvalue weighted by atomic mass is 10.2. The smallest absolute Gasteiger partial charge is 0.407 e. The van der Waals surface area contributed by atoms with Gasteiger partial charge >= 0.3 is 6.09 Å². The predicted molar refractivity (Wildman–Crippen MR) is 174 cm³/mol. The third kappa shape index (κ3) is 37.0. The van der Waals surface area contributed by atoms with Crippen LogP contribution in [0.3, 0.4) is 0 Å². The largest absolute Gasteiger partial charge is 0.444 e. The van der Waals surface area contributed by atoms with Gasteiger partial charge < -0.3 is 52.7 Å². The van der Waals surface area contributed by atoms with E-state index < -0.39 is 11.7 Å². The van der Waals surface area contributed by atoms with E-state index in [1.165, 1.54) is 0 Å². The maximum absolute atomic E-state index is 11.6. The van der Waals surface area contributed by atoms with Crippen LogP contribution < -0.4 is 5.32 Å². The second-order valence-corrected chi connectivity index (χ2v) is 11.2. The molecule has 0 aliphatic heterocycles. The summed E-state index contributed by atoms with van der Waals surface area (Å²) in [5.74, 6) is 0.120. The molecule has 0 radical (unpaired) electrons. The summed E-state index contributed by atoms with van der Waals surface area (Å²) in [5, 5.41) is 2.65. The van der Waals surface area contributed by atoms with Gasteiger partial charge in [0.1, 0.15) is 11.4 Å². The molecule has 14 heteroatoms. The van der Waals surface area contributed by atoms with Crippen molar-refractivity contribution in [2.45, 2.75) is 53.1 Å². The summed E-state index contributed by atoms with van der Waals surface area (Å²) in [5.41, 5.74) is -0.521. The molecule has 0 fully saturated rings. The average Bonchev–Trinajstić information content (AvgIpc) is 2.99. The molecule has 0 aromatic rings. The third-order valence-corrected chi connectivity index (χ3v) is 5.75. The van der Waals surface area contributed by atoms with Crippen molar-refractivity contribution < 1.29 is 57.0 Å². The molecular formula is C32H64N2O12. The summed E-state index contributed by atoms with van der Waals surface area (Å²) >= 11 is 0. The highest BCUT2D eigenvalue weighted by molar-refractivity contribution is 5.75. The van der Waals surface area contributed by atoms with E-state index in [-0.39, 0.29) is 5.78 Å². The van der Waals surface area contributed by atoms with Crippen LogP contribution in [0.15, 0.2) is 0 Å². The number of carbonyl (C=O) groups excluding carboxylic acids is 2. The van der Waals surface area contributed by atoms with Gasteiger partial charge in [-0.25, -0.2) is 4.79 Å². The Morgan fingerprint density at radius 2 is 0.870 bits per heavy atom. The zero-order valence-electron chi connectivity index (χ0n) is 29.3. The minimum Gasteiger partial charge on any atom is -0.444 e. The minimum atomic E-state index is -0.521. The van der Waals surface area contributed by atoms with Crippen molar-refractivity contribution in [3.8, 4) is 0 Å². The third-order valence-electron chi connectivity index (χ3n) is 5.75. The lowest BCUT2D eigenvalue weighted by molar-refractivity contribution is -0.118. The van der Waals surface area contributed by atoms with Crippen LogP contribution in [0.4, 0.5) is 4.79 Å². The first-order valence-corrected chi connectivity index (χ1v) is 16.6. The highest BCUT2D eigenvalue weighted by Gasteiger charge is 2.15. The molecule has 1 amide bonds. The molecule has 46 heavy (non-hydrogen) atoms. The molecule has 0 rings (SSSR count). The van der Waals surface area contributed by atoms with Gasteiger partial charge in [0.2, 0.25) is 0 Å². The Morgan fingerprint density at radius 1 is 0.522 bits per heavy atom. The highest BCUT2D eigenvalue weighted by Crippen LogP contribution is 2.06. The number of amides is 1. The van der Waals surface area contributed by atoms with E-state index >= 15 is 0 Å². The Morgan fingerprint density at radius 3 is 1.24 bits per heavy atom. The van der Waals surface area contributed by atoms with Crippen LogP contribution in [0.25, 0.3) is 0 Å². The number of Topliss-reactive ketones (excluding diaryl/α,β-unsaturated/α-hetero) is 1. The average molecular weight is 669 g/mol. The van der Waals surface area contributed by atoms with E-state index in [2.05, 4.69) is 17.1 Å². The van der Waals surface area contributed by atoms with Crippen molar-refractivity contribution in [1.29, 1.82) is 0 Å². The van der Waals surface area contributed by atoms with Crippen molar-refractivity contribution in [1.82, 2.24) is 10.2 Å². The van der Waals surface area contributed by atoms with Gasteiger partial charge in [0.15, 0.2) is 0 Å². The Kier molecular flexibility index (Phi) is 32.4. The van der Waals surface area contributed by atoms with E-state index in [4.69, 9.17) is 47.4 Å². The molecule has 0 atom stereocenters. The minimum absolute atomic E-state index is 0.120. The first-order chi connectivity index (χ1) is 22.2. The monoisotopic (exact) mass is 668 g/mol. The van der Waals surface area contributed by atoms with Crippen LogP contribution >= 0.6 is 0 Å². The number of rotatable bonds is 35. The van der Waals surface area contributed by atoms with E-state index in [9.17, 15) is 9.59 Å². The Hall–Kier alpha value is -1.46. The van der Waals surface area contributed by atoms with Gasteiger partial charge in [-0.05, 0) is 34.1 Å². The fourth-order valence-electron chi connectivity index (χ4n) is 3.44. The Balaban J connectivity index is 3.96. The molecule has 1 N–H and O–H groups in total. The molecule has 0 aliphatic rings. The highest BCUT2D eigenvalue weighted by atomic mass is 16.6. The molecule has 0 heterocycles. The molecule has 0 aromatic heterocycles. The molecule has 0 saturated carbocycles. The number of ether oxygens (including phenoxy) is 10.